The zero-order valence-electron chi connectivity index (χ0n) is 10.4. The van der Waals surface area contributed by atoms with E-state index in [1.165, 1.54) is 6.20 Å². The number of nitrogens with one attached hydrogen (secondary N) is 1. The Labute approximate surface area is 105 Å². The van der Waals surface area contributed by atoms with E-state index in [1.54, 1.807) is 18.0 Å². The second-order valence-electron chi connectivity index (χ2n) is 4.33. The Kier molecular flexibility index (Phi) is 3.96. The highest BCUT2D eigenvalue weighted by molar-refractivity contribution is 5.94. The van der Waals surface area contributed by atoms with Crippen LogP contribution in [0.1, 0.15) is 30.1 Å². The topological polar surface area (TPSA) is 75.3 Å². The number of esters is 1. The van der Waals surface area contributed by atoms with Crippen molar-refractivity contribution in [1.82, 2.24) is 15.1 Å². The number of piperidine rings is 1. The number of aromatic amines is 1. The highest BCUT2D eigenvalue weighted by Gasteiger charge is 2.29. The fraction of sp³-hybridized carbons (Fsp3) is 0.583. The monoisotopic (exact) mass is 251 g/mol. The van der Waals surface area contributed by atoms with Crippen molar-refractivity contribution in [3.8, 4) is 0 Å². The van der Waals surface area contributed by atoms with Gasteiger partial charge in [0.25, 0.3) is 5.91 Å². The summed E-state index contributed by atoms with van der Waals surface area (Å²) < 4.78 is 5.00. The molecule has 98 valence electrons. The van der Waals surface area contributed by atoms with Crippen LogP contribution in [0.3, 0.4) is 0 Å². The smallest absolute Gasteiger partial charge is 0.310 e. The van der Waals surface area contributed by atoms with Gasteiger partial charge in [0.1, 0.15) is 0 Å². The minimum Gasteiger partial charge on any atom is -0.466 e. The third-order valence-electron chi connectivity index (χ3n) is 3.07. The first-order chi connectivity index (χ1) is 8.72. The van der Waals surface area contributed by atoms with Crippen LogP contribution in [0.25, 0.3) is 0 Å². The molecular weight excluding hydrogens is 234 g/mol. The van der Waals surface area contributed by atoms with Crippen molar-refractivity contribution in [2.45, 2.75) is 19.8 Å². The van der Waals surface area contributed by atoms with Crippen molar-refractivity contribution >= 4 is 11.9 Å². The molecule has 0 bridgehead atoms. The van der Waals surface area contributed by atoms with Crippen LogP contribution >= 0.6 is 0 Å². The van der Waals surface area contributed by atoms with Gasteiger partial charge >= 0.3 is 5.97 Å². The second kappa shape index (κ2) is 5.66. The summed E-state index contributed by atoms with van der Waals surface area (Å²) in [5, 5.41) is 6.37. The Morgan fingerprint density at radius 3 is 3.11 bits per heavy atom. The van der Waals surface area contributed by atoms with E-state index in [4.69, 9.17) is 4.74 Å². The van der Waals surface area contributed by atoms with Gasteiger partial charge < -0.3 is 9.64 Å². The molecule has 6 nitrogen and oxygen atoms in total. The molecule has 1 atom stereocenters. The molecule has 1 fully saturated rings. The molecule has 1 amide bonds. The van der Waals surface area contributed by atoms with E-state index in [9.17, 15) is 9.59 Å². The van der Waals surface area contributed by atoms with Gasteiger partial charge in [-0.05, 0) is 19.8 Å². The molecular formula is C12H17N3O3. The van der Waals surface area contributed by atoms with Crippen LogP contribution in [-0.4, -0.2) is 46.7 Å². The normalized spacial score (nSPS) is 19.6. The van der Waals surface area contributed by atoms with Crippen molar-refractivity contribution in [2.24, 2.45) is 5.92 Å². The van der Waals surface area contributed by atoms with E-state index in [2.05, 4.69) is 10.2 Å². The first-order valence-corrected chi connectivity index (χ1v) is 6.17. The number of carbonyl (C=O) groups excluding carboxylic acids is 2. The fourth-order valence-electron chi connectivity index (χ4n) is 2.16. The molecule has 0 unspecified atom stereocenters. The summed E-state index contributed by atoms with van der Waals surface area (Å²) in [6.45, 7) is 3.28. The molecule has 6 heteroatoms. The summed E-state index contributed by atoms with van der Waals surface area (Å²) in [5.41, 5.74) is 0.527. The van der Waals surface area contributed by atoms with Crippen molar-refractivity contribution in [3.05, 3.63) is 18.0 Å². The summed E-state index contributed by atoms with van der Waals surface area (Å²) in [6.07, 6.45) is 4.67. The molecule has 1 aromatic heterocycles. The van der Waals surface area contributed by atoms with E-state index < -0.39 is 0 Å². The molecule has 2 heterocycles. The van der Waals surface area contributed by atoms with Crippen molar-refractivity contribution in [2.75, 3.05) is 19.7 Å². The average molecular weight is 251 g/mol. The number of nitrogens with zero attached hydrogens (tertiary/aromatic N) is 2. The van der Waals surface area contributed by atoms with E-state index in [-0.39, 0.29) is 17.8 Å². The molecule has 1 saturated heterocycles. The first-order valence-electron chi connectivity index (χ1n) is 6.17. The van der Waals surface area contributed by atoms with Gasteiger partial charge in [0.15, 0.2) is 0 Å². The molecule has 0 aromatic carbocycles. The Hall–Kier alpha value is -1.85. The van der Waals surface area contributed by atoms with Gasteiger partial charge in [0.05, 0.1) is 24.3 Å². The van der Waals surface area contributed by atoms with Crippen molar-refractivity contribution in [1.29, 1.82) is 0 Å². The Balaban J connectivity index is 1.98. The predicted molar refractivity (Wildman–Crippen MR) is 63.8 cm³/mol. The van der Waals surface area contributed by atoms with E-state index in [1.807, 2.05) is 0 Å². The van der Waals surface area contributed by atoms with Gasteiger partial charge in [-0.25, -0.2) is 0 Å². The minimum atomic E-state index is -0.206. The average Bonchev–Trinajstić information content (AvgIpc) is 2.92. The van der Waals surface area contributed by atoms with E-state index >= 15 is 0 Å². The van der Waals surface area contributed by atoms with Crippen LogP contribution in [0.5, 0.6) is 0 Å². The summed E-state index contributed by atoms with van der Waals surface area (Å²) in [4.78, 5) is 25.5. The lowest BCUT2D eigenvalue weighted by molar-refractivity contribution is -0.149. The molecule has 0 aliphatic carbocycles. The maximum Gasteiger partial charge on any atom is 0.310 e. The fourth-order valence-corrected chi connectivity index (χ4v) is 2.16. The highest BCUT2D eigenvalue weighted by Crippen LogP contribution is 2.19. The Morgan fingerprint density at radius 2 is 2.44 bits per heavy atom. The third kappa shape index (κ3) is 2.69. The summed E-state index contributed by atoms with van der Waals surface area (Å²) in [5.74, 6) is -0.491. The molecule has 1 aliphatic rings. The number of aromatic nitrogens is 2. The predicted octanol–water partition coefficient (Wildman–Crippen LogP) is 0.825. The van der Waals surface area contributed by atoms with E-state index in [0.717, 1.165) is 12.8 Å². The third-order valence-corrected chi connectivity index (χ3v) is 3.07. The number of carbonyl (C=O) groups is 2. The molecule has 0 radical (unpaired) electrons. The van der Waals surface area contributed by atoms with Crippen molar-refractivity contribution < 1.29 is 14.3 Å². The van der Waals surface area contributed by atoms with Crippen LogP contribution in [0.2, 0.25) is 0 Å². The van der Waals surface area contributed by atoms with Crippen LogP contribution in [0.15, 0.2) is 12.4 Å². The molecule has 18 heavy (non-hydrogen) atoms. The van der Waals surface area contributed by atoms with Gasteiger partial charge in [0.2, 0.25) is 0 Å². The Morgan fingerprint density at radius 1 is 1.61 bits per heavy atom. The van der Waals surface area contributed by atoms with Gasteiger partial charge in [-0.1, -0.05) is 0 Å². The maximum absolute atomic E-state index is 12.1. The van der Waals surface area contributed by atoms with Crippen LogP contribution in [0.4, 0.5) is 0 Å². The SMILES string of the molecule is CCOC(=O)[C@@H]1CCCN(C(=O)c2cn[nH]c2)C1. The van der Waals surface area contributed by atoms with Crippen LogP contribution < -0.4 is 0 Å². The summed E-state index contributed by atoms with van der Waals surface area (Å²) in [6, 6.07) is 0. The van der Waals surface area contributed by atoms with Gasteiger partial charge in [-0.15, -0.1) is 0 Å². The lowest BCUT2D eigenvalue weighted by Crippen LogP contribution is -2.42. The number of ether oxygens (including phenoxy) is 1. The number of rotatable bonds is 3. The van der Waals surface area contributed by atoms with Gasteiger partial charge in [0, 0.05) is 19.3 Å². The summed E-state index contributed by atoms with van der Waals surface area (Å²) in [7, 11) is 0. The van der Waals surface area contributed by atoms with Crippen LogP contribution in [-0.2, 0) is 9.53 Å². The molecule has 0 spiro atoms. The molecule has 0 saturated carbocycles. The highest BCUT2D eigenvalue weighted by atomic mass is 16.5. The summed E-state index contributed by atoms with van der Waals surface area (Å²) >= 11 is 0. The second-order valence-corrected chi connectivity index (χ2v) is 4.33. The molecule has 1 aromatic rings. The minimum absolute atomic E-state index is 0.0854. The van der Waals surface area contributed by atoms with Gasteiger partial charge in [-0.3, -0.25) is 14.7 Å². The number of hydrogen-bond acceptors (Lipinski definition) is 4. The number of likely N-dealkylation sites (tertiary alicyclic amines) is 1. The number of hydrogen-bond donors (Lipinski definition) is 1. The standard InChI is InChI=1S/C12H17N3O3/c1-2-18-12(17)9-4-3-5-15(8-9)11(16)10-6-13-14-7-10/h6-7,9H,2-5,8H2,1H3,(H,13,14)/t9-/m1/s1. The first kappa shape index (κ1) is 12.6. The quantitative estimate of drug-likeness (QED) is 0.807. The van der Waals surface area contributed by atoms with E-state index in [0.29, 0.717) is 25.3 Å². The zero-order valence-corrected chi connectivity index (χ0v) is 10.4. The number of H-pyrrole nitrogens is 1. The Bertz CT molecular complexity index is 416. The maximum atomic E-state index is 12.1. The lowest BCUT2D eigenvalue weighted by Gasteiger charge is -2.31. The lowest BCUT2D eigenvalue weighted by atomic mass is 9.98. The largest absolute Gasteiger partial charge is 0.466 e. The van der Waals surface area contributed by atoms with Crippen LogP contribution in [0, 0.1) is 5.92 Å². The molecule has 2 rings (SSSR count). The van der Waals surface area contributed by atoms with Crippen molar-refractivity contribution in [3.63, 3.8) is 0 Å². The molecule has 1 N–H and O–H groups in total. The zero-order chi connectivity index (χ0) is 13.0. The van der Waals surface area contributed by atoms with Gasteiger partial charge in [-0.2, -0.15) is 5.10 Å². The number of amides is 1. The molecule has 1 aliphatic heterocycles.